The quantitative estimate of drug-likeness (QED) is 0.755. The summed E-state index contributed by atoms with van der Waals surface area (Å²) in [5, 5.41) is 0. The second-order valence-corrected chi connectivity index (χ2v) is 2.85. The zero-order valence-electron chi connectivity index (χ0n) is 7.85. The lowest BCUT2D eigenvalue weighted by atomic mass is 10.1. The molecule has 1 heterocycles. The number of aryl methyl sites for hydroxylation is 1. The van der Waals surface area contributed by atoms with Gasteiger partial charge in [0, 0.05) is 6.42 Å². The molecule has 0 saturated heterocycles. The molecule has 0 amide bonds. The molecule has 0 aliphatic rings. The largest absolute Gasteiger partial charge is 0.419 e. The highest BCUT2D eigenvalue weighted by Crippen LogP contribution is 2.04. The van der Waals surface area contributed by atoms with Crippen molar-refractivity contribution >= 4 is 0 Å². The van der Waals surface area contributed by atoms with Crippen LogP contribution in [0.3, 0.4) is 0 Å². The van der Waals surface area contributed by atoms with E-state index in [0.717, 1.165) is 6.42 Å². The molecular formula is C9H13NO3. The van der Waals surface area contributed by atoms with Gasteiger partial charge in [-0.25, -0.2) is 4.79 Å². The minimum atomic E-state index is -0.661. The third kappa shape index (κ3) is 2.08. The molecule has 0 aliphatic carbocycles. The fourth-order valence-corrected chi connectivity index (χ4v) is 1.28. The van der Waals surface area contributed by atoms with E-state index >= 15 is 0 Å². The Morgan fingerprint density at radius 2 is 2.00 bits per heavy atom. The predicted octanol–water partition coefficient (Wildman–Crippen LogP) is 0.843. The molecule has 0 bridgehead atoms. The van der Waals surface area contributed by atoms with Gasteiger partial charge in [-0.15, -0.1) is 0 Å². The number of hydrogen-bond acceptors (Lipinski definition) is 3. The number of hydrogen-bond donors (Lipinski definition) is 1. The van der Waals surface area contributed by atoms with Crippen LogP contribution in [-0.4, -0.2) is 4.98 Å². The van der Waals surface area contributed by atoms with Crippen molar-refractivity contribution in [2.75, 3.05) is 0 Å². The van der Waals surface area contributed by atoms with Gasteiger partial charge in [0.1, 0.15) is 5.76 Å². The maximum Gasteiger partial charge on any atom is 0.419 e. The highest BCUT2D eigenvalue weighted by molar-refractivity contribution is 5.13. The molecule has 13 heavy (non-hydrogen) atoms. The van der Waals surface area contributed by atoms with Gasteiger partial charge >= 0.3 is 5.76 Å². The third-order valence-corrected chi connectivity index (χ3v) is 1.87. The lowest BCUT2D eigenvalue weighted by molar-refractivity contribution is 0.423. The molecule has 0 atom stereocenters. The number of nitrogens with one attached hydrogen (secondary N) is 1. The molecule has 0 spiro atoms. The number of rotatable bonds is 3. The maximum atomic E-state index is 11.3. The van der Waals surface area contributed by atoms with E-state index in [1.165, 1.54) is 0 Å². The molecule has 72 valence electrons. The topological polar surface area (TPSA) is 63.1 Å². The van der Waals surface area contributed by atoms with Crippen LogP contribution in [0.15, 0.2) is 14.0 Å². The Labute approximate surface area is 75.6 Å². The maximum absolute atomic E-state index is 11.3. The Morgan fingerprint density at radius 1 is 1.31 bits per heavy atom. The van der Waals surface area contributed by atoms with Crippen LogP contribution in [0.2, 0.25) is 0 Å². The molecule has 1 rings (SSSR count). The Kier molecular flexibility index (Phi) is 3.06. The zero-order valence-corrected chi connectivity index (χ0v) is 7.85. The van der Waals surface area contributed by atoms with Gasteiger partial charge in [-0.2, -0.15) is 0 Å². The Morgan fingerprint density at radius 3 is 2.54 bits per heavy atom. The molecule has 4 heteroatoms. The summed E-state index contributed by atoms with van der Waals surface area (Å²) in [6.45, 7) is 3.84. The lowest BCUT2D eigenvalue weighted by Crippen LogP contribution is -2.24. The average molecular weight is 183 g/mol. The monoisotopic (exact) mass is 183 g/mol. The van der Waals surface area contributed by atoms with Crippen LogP contribution < -0.4 is 11.3 Å². The molecule has 1 aromatic heterocycles. The lowest BCUT2D eigenvalue weighted by Gasteiger charge is -2.01. The number of aromatic amines is 1. The van der Waals surface area contributed by atoms with Gasteiger partial charge in [0.15, 0.2) is 0 Å². The smallest absolute Gasteiger partial charge is 0.414 e. The van der Waals surface area contributed by atoms with Gasteiger partial charge in [0.2, 0.25) is 0 Å². The molecule has 0 aliphatic heterocycles. The van der Waals surface area contributed by atoms with Crippen LogP contribution in [0.1, 0.15) is 31.6 Å². The molecule has 1 aromatic rings. The molecule has 0 aromatic carbocycles. The standard InChI is InChI=1S/C9H13NO3/c1-3-5-7-6(4-2)8(11)10-9(12)13-7/h3-5H2,1-2H3,(H,10,11,12). The van der Waals surface area contributed by atoms with Crippen LogP contribution >= 0.6 is 0 Å². The van der Waals surface area contributed by atoms with E-state index in [9.17, 15) is 9.59 Å². The van der Waals surface area contributed by atoms with Crippen LogP contribution in [0.5, 0.6) is 0 Å². The molecular weight excluding hydrogens is 170 g/mol. The fraction of sp³-hybridized carbons (Fsp3) is 0.556. The molecule has 0 radical (unpaired) electrons. The van der Waals surface area contributed by atoms with Gasteiger partial charge in [-0.1, -0.05) is 13.8 Å². The predicted molar refractivity (Wildman–Crippen MR) is 49.0 cm³/mol. The summed E-state index contributed by atoms with van der Waals surface area (Å²) in [4.78, 5) is 24.2. The fourth-order valence-electron chi connectivity index (χ4n) is 1.28. The van der Waals surface area contributed by atoms with Gasteiger partial charge in [-0.05, 0) is 12.8 Å². The minimum absolute atomic E-state index is 0.317. The number of aromatic nitrogens is 1. The molecule has 0 unspecified atom stereocenters. The first-order chi connectivity index (χ1) is 6.19. The zero-order chi connectivity index (χ0) is 9.84. The van der Waals surface area contributed by atoms with Crippen molar-refractivity contribution < 1.29 is 4.42 Å². The van der Waals surface area contributed by atoms with E-state index < -0.39 is 5.76 Å². The van der Waals surface area contributed by atoms with Crippen LogP contribution in [0.25, 0.3) is 0 Å². The van der Waals surface area contributed by atoms with Crippen molar-refractivity contribution in [2.45, 2.75) is 33.1 Å². The van der Waals surface area contributed by atoms with Gasteiger partial charge in [0.05, 0.1) is 5.56 Å². The van der Waals surface area contributed by atoms with Crippen LogP contribution in [0, 0.1) is 0 Å². The first-order valence-electron chi connectivity index (χ1n) is 4.44. The van der Waals surface area contributed by atoms with Gasteiger partial charge < -0.3 is 4.42 Å². The number of H-pyrrole nitrogens is 1. The summed E-state index contributed by atoms with van der Waals surface area (Å²) >= 11 is 0. The van der Waals surface area contributed by atoms with Crippen molar-refractivity contribution in [2.24, 2.45) is 0 Å². The Bertz CT molecular complexity index is 389. The van der Waals surface area contributed by atoms with Crippen LogP contribution in [-0.2, 0) is 12.8 Å². The molecule has 0 saturated carbocycles. The van der Waals surface area contributed by atoms with Gasteiger partial charge in [0.25, 0.3) is 5.56 Å². The third-order valence-electron chi connectivity index (χ3n) is 1.87. The van der Waals surface area contributed by atoms with Crippen molar-refractivity contribution in [3.8, 4) is 0 Å². The Hall–Kier alpha value is -1.32. The minimum Gasteiger partial charge on any atom is -0.414 e. The summed E-state index contributed by atoms with van der Waals surface area (Å²) in [7, 11) is 0. The highest BCUT2D eigenvalue weighted by Gasteiger charge is 2.08. The summed E-state index contributed by atoms with van der Waals surface area (Å²) in [6, 6.07) is 0. The van der Waals surface area contributed by atoms with Crippen molar-refractivity contribution in [1.82, 2.24) is 4.98 Å². The van der Waals surface area contributed by atoms with E-state index in [2.05, 4.69) is 4.98 Å². The van der Waals surface area contributed by atoms with Gasteiger partial charge in [-0.3, -0.25) is 9.78 Å². The second-order valence-electron chi connectivity index (χ2n) is 2.85. The first kappa shape index (κ1) is 9.77. The average Bonchev–Trinajstić information content (AvgIpc) is 2.04. The van der Waals surface area contributed by atoms with E-state index in [-0.39, 0.29) is 5.56 Å². The molecule has 4 nitrogen and oxygen atoms in total. The van der Waals surface area contributed by atoms with E-state index in [0.29, 0.717) is 24.2 Å². The highest BCUT2D eigenvalue weighted by atomic mass is 16.4. The Balaban J connectivity index is 3.29. The molecule has 0 fully saturated rings. The van der Waals surface area contributed by atoms with Crippen LogP contribution in [0.4, 0.5) is 0 Å². The van der Waals surface area contributed by atoms with E-state index in [4.69, 9.17) is 4.42 Å². The van der Waals surface area contributed by atoms with Crippen molar-refractivity contribution in [1.29, 1.82) is 0 Å². The SMILES string of the molecule is CCCc1oc(=O)[nH]c(=O)c1CC. The van der Waals surface area contributed by atoms with Crippen molar-refractivity contribution in [3.63, 3.8) is 0 Å². The summed E-state index contributed by atoms with van der Waals surface area (Å²) in [5.74, 6) is -0.135. The summed E-state index contributed by atoms with van der Waals surface area (Å²) in [5.41, 5.74) is 0.267. The van der Waals surface area contributed by atoms with E-state index in [1.54, 1.807) is 0 Å². The first-order valence-corrected chi connectivity index (χ1v) is 4.44. The summed E-state index contributed by atoms with van der Waals surface area (Å²) < 4.78 is 4.91. The second kappa shape index (κ2) is 4.07. The molecule has 1 N–H and O–H groups in total. The van der Waals surface area contributed by atoms with E-state index in [1.807, 2.05) is 13.8 Å². The summed E-state index contributed by atoms with van der Waals surface area (Å²) in [6.07, 6.45) is 2.09. The van der Waals surface area contributed by atoms with Crippen molar-refractivity contribution in [3.05, 3.63) is 32.2 Å². The normalized spacial score (nSPS) is 10.3.